The van der Waals surface area contributed by atoms with E-state index in [-0.39, 0.29) is 12.0 Å². The van der Waals surface area contributed by atoms with Crippen LogP contribution >= 0.6 is 15.9 Å². The Labute approximate surface area is 232 Å². The molecular formula is C25H35BrN3O6Os-3. The number of nitrogens with two attached hydrogens (primary N) is 1. The summed E-state index contributed by atoms with van der Waals surface area (Å²) in [6, 6.07) is 9.11. The number of carbonyl (C=O) groups is 3. The van der Waals surface area contributed by atoms with Gasteiger partial charge in [-0.2, -0.15) is 30.3 Å². The Kier molecular flexibility index (Phi) is 14.0. The van der Waals surface area contributed by atoms with E-state index in [2.05, 4.69) is 34.4 Å². The molecule has 2 unspecified atom stereocenters. The summed E-state index contributed by atoms with van der Waals surface area (Å²) >= 11 is 3.90. The Morgan fingerprint density at radius 1 is 1.22 bits per heavy atom. The first-order valence-electron chi connectivity index (χ1n) is 11.5. The molecule has 3 fully saturated rings. The minimum atomic E-state index is -0.774. The molecule has 1 heterocycles. The van der Waals surface area contributed by atoms with Crippen LogP contribution in [0.4, 0.5) is 4.79 Å². The zero-order valence-electron chi connectivity index (χ0n) is 20.8. The molecule has 1 aromatic carbocycles. The maximum absolute atomic E-state index is 13.0. The molecule has 2 aliphatic carbocycles. The van der Waals surface area contributed by atoms with Crippen molar-refractivity contribution in [2.24, 2.45) is 23.0 Å². The monoisotopic (exact) mass is 744 g/mol. The average Bonchev–Trinajstić information content (AvgIpc) is 3.23. The fourth-order valence-electron chi connectivity index (χ4n) is 4.38. The number of nitrogens with zero attached hydrogens (tertiary/aromatic N) is 1. The zero-order valence-corrected chi connectivity index (χ0v) is 24.9. The summed E-state index contributed by atoms with van der Waals surface area (Å²) in [7, 11) is 2.25. The van der Waals surface area contributed by atoms with Gasteiger partial charge in [0.25, 0.3) is 0 Å². The second-order valence-corrected chi connectivity index (χ2v) is 10.8. The molecule has 3 amide bonds. The van der Waals surface area contributed by atoms with E-state index >= 15 is 0 Å². The van der Waals surface area contributed by atoms with E-state index in [4.69, 9.17) is 19.1 Å². The van der Waals surface area contributed by atoms with Crippen molar-refractivity contribution in [3.05, 3.63) is 48.3 Å². The van der Waals surface area contributed by atoms with Gasteiger partial charge >= 0.3 is 28.2 Å². The molecule has 1 saturated heterocycles. The Balaban J connectivity index is 0.000000496. The topological polar surface area (TPSA) is 139 Å². The third-order valence-electron chi connectivity index (χ3n) is 6.23. The number of aliphatic hydroxyl groups excluding tert-OH is 1. The number of primary amides is 1. The third-order valence-corrected chi connectivity index (χ3v) is 6.76. The van der Waals surface area contributed by atoms with E-state index in [1.165, 1.54) is 11.3 Å². The molecule has 5 atom stereocenters. The summed E-state index contributed by atoms with van der Waals surface area (Å²) in [5.41, 5.74) is 4.88. The van der Waals surface area contributed by atoms with Gasteiger partial charge in [0.15, 0.2) is 0 Å². The van der Waals surface area contributed by atoms with Crippen LogP contribution in [0.2, 0.25) is 0 Å². The van der Waals surface area contributed by atoms with Crippen molar-refractivity contribution in [2.75, 3.05) is 6.54 Å². The number of fused-ring (bicyclic) bond motifs is 1. The van der Waals surface area contributed by atoms with Crippen molar-refractivity contribution in [3.63, 3.8) is 0 Å². The molecule has 9 nitrogen and oxygen atoms in total. The molecule has 204 valence electrons. The number of aliphatic hydroxyl groups is 1. The number of amides is 3. The number of carbonyl (C=O) groups excluding carboxylic acids is 3. The predicted molar refractivity (Wildman–Crippen MR) is 132 cm³/mol. The van der Waals surface area contributed by atoms with E-state index in [9.17, 15) is 14.4 Å². The average molecular weight is 744 g/mol. The second-order valence-electron chi connectivity index (χ2n) is 9.85. The molecule has 4 N–H and O–H groups in total. The number of hydrogen-bond acceptors (Lipinski definition) is 6. The molecule has 0 radical (unpaired) electrons. The van der Waals surface area contributed by atoms with Crippen LogP contribution in [0, 0.1) is 36.8 Å². The fraction of sp³-hybridized carbons (Fsp3) is 0.560. The summed E-state index contributed by atoms with van der Waals surface area (Å²) in [5, 5.41) is 9.48. The van der Waals surface area contributed by atoms with Gasteiger partial charge < -0.3 is 32.2 Å². The van der Waals surface area contributed by atoms with Crippen LogP contribution in [-0.2, 0) is 36.4 Å². The van der Waals surface area contributed by atoms with Crippen molar-refractivity contribution < 1.29 is 46.3 Å². The summed E-state index contributed by atoms with van der Waals surface area (Å²) in [4.78, 5) is 38.3. The van der Waals surface area contributed by atoms with Crippen LogP contribution in [0.1, 0.15) is 46.5 Å². The third kappa shape index (κ3) is 9.99. The first-order valence-corrected chi connectivity index (χ1v) is 13.4. The van der Waals surface area contributed by atoms with Crippen molar-refractivity contribution in [1.82, 2.24) is 10.2 Å². The normalized spacial score (nSPS) is 24.2. The Hall–Kier alpha value is -1.69. The fourth-order valence-corrected chi connectivity index (χ4v) is 4.64. The van der Waals surface area contributed by atoms with Crippen LogP contribution in [0.5, 0.6) is 0 Å². The summed E-state index contributed by atoms with van der Waals surface area (Å²) < 4.78 is 14.9. The number of ether oxygens (including phenoxy) is 1. The molecule has 0 bridgehead atoms. The van der Waals surface area contributed by atoms with E-state index in [0.717, 1.165) is 17.3 Å². The number of hydrogen-bond donors (Lipinski definition) is 3. The van der Waals surface area contributed by atoms with Gasteiger partial charge in [-0.25, -0.2) is 11.9 Å². The Morgan fingerprint density at radius 3 is 2.22 bits per heavy atom. The van der Waals surface area contributed by atoms with Crippen LogP contribution < -0.4 is 11.1 Å². The van der Waals surface area contributed by atoms with E-state index in [1.54, 1.807) is 0 Å². The van der Waals surface area contributed by atoms with Crippen molar-refractivity contribution >= 4 is 33.8 Å². The van der Waals surface area contributed by atoms with Gasteiger partial charge in [0.05, 0.1) is 6.04 Å². The van der Waals surface area contributed by atoms with E-state index in [1.807, 2.05) is 51.5 Å². The molecular weight excluding hydrogens is 708 g/mol. The first-order chi connectivity index (χ1) is 17.1. The standard InChI is InChI=1S/C18H28N3O4.C6H4Br.CH3O.O.Os/c1-18(2,3)14(16(23)21-6-4-5-13(21)15(19)22)20-17(24)25-12-8-10-7-11(10)9-12;7-6-4-2-1-3-5-6;1-2;;/h4,10-14H,5-9H2,1-3H3,(H2,19,22)(H,20,24);2-5H;2H,1H2;;/q3*-1;;/t10-,11+,12?,13?,14-;;;;/m1..../s1. The first kappa shape index (κ1) is 32.3. The minimum absolute atomic E-state index is 0.0436. The second kappa shape index (κ2) is 15.5. The number of alkyl carbamates (subject to hydrolysis) is 1. The Morgan fingerprint density at radius 2 is 1.78 bits per heavy atom. The van der Waals surface area contributed by atoms with Crippen LogP contribution in [0.15, 0.2) is 28.7 Å². The van der Waals surface area contributed by atoms with Gasteiger partial charge in [-0.15, -0.1) is 13.0 Å². The molecule has 2 saturated carbocycles. The van der Waals surface area contributed by atoms with Crippen molar-refractivity contribution in [3.8, 4) is 0 Å². The number of halogens is 1. The number of rotatable bonds is 4. The van der Waals surface area contributed by atoms with Gasteiger partial charge in [-0.1, -0.05) is 41.2 Å². The molecule has 36 heavy (non-hydrogen) atoms. The van der Waals surface area contributed by atoms with Gasteiger partial charge in [-0.3, -0.25) is 9.59 Å². The zero-order chi connectivity index (χ0) is 27.5. The SMILES string of the molecule is Brc1cc[c-]cc1.CC(C)(C)[C@H](NC(=O)OC1C[C@@H]2C[C@@H]2C1)C(=O)N1C[CH-]CC1C(N)=O.[CH2-]O.[O]=[Os]. The molecule has 1 aromatic rings. The van der Waals surface area contributed by atoms with Gasteiger partial charge in [0, 0.05) is 0 Å². The molecule has 11 heteroatoms. The molecule has 0 aromatic heterocycles. The molecule has 4 rings (SSSR count). The van der Waals surface area contributed by atoms with E-state index in [0.29, 0.717) is 43.4 Å². The van der Waals surface area contributed by atoms with Gasteiger partial charge in [0.1, 0.15) is 12.1 Å². The Bertz CT molecular complexity index is 844. The summed E-state index contributed by atoms with van der Waals surface area (Å²) in [6.07, 6.45) is 4.82. The van der Waals surface area contributed by atoms with Gasteiger partial charge in [-0.05, 0) is 36.5 Å². The summed E-state index contributed by atoms with van der Waals surface area (Å²) in [5.74, 6) is 0.613. The number of nitrogens with one attached hydrogen (secondary N) is 1. The predicted octanol–water partition coefficient (Wildman–Crippen LogP) is 3.49. The quantitative estimate of drug-likeness (QED) is 0.404. The van der Waals surface area contributed by atoms with Crippen LogP contribution in [-0.4, -0.2) is 52.6 Å². The van der Waals surface area contributed by atoms with Crippen LogP contribution in [0.25, 0.3) is 0 Å². The van der Waals surface area contributed by atoms with Crippen molar-refractivity contribution in [2.45, 2.75) is 64.6 Å². The molecule has 0 spiro atoms. The van der Waals surface area contributed by atoms with Crippen molar-refractivity contribution in [1.29, 1.82) is 0 Å². The van der Waals surface area contributed by atoms with Gasteiger partial charge in [0.2, 0.25) is 11.8 Å². The molecule has 3 aliphatic rings. The number of likely N-dealkylation sites (tertiary alicyclic amines) is 1. The van der Waals surface area contributed by atoms with E-state index < -0.39 is 29.5 Å². The molecule has 1 aliphatic heterocycles. The van der Waals surface area contributed by atoms with Crippen LogP contribution in [0.3, 0.4) is 0 Å². The summed E-state index contributed by atoms with van der Waals surface area (Å²) in [6.45, 7) is 5.99. The number of benzene rings is 1. The maximum atomic E-state index is 13.0.